The average Bonchev–Trinajstić information content (AvgIpc) is 3.73. The van der Waals surface area contributed by atoms with Crippen molar-refractivity contribution < 1.29 is 49.0 Å². The van der Waals surface area contributed by atoms with Crippen LogP contribution in [0, 0.1) is 6.07 Å². The maximum atomic E-state index is 3.84. The van der Waals surface area contributed by atoms with Crippen LogP contribution in [0.25, 0.3) is 11.1 Å². The van der Waals surface area contributed by atoms with Crippen molar-refractivity contribution >= 4 is 3.21 Å². The number of hydrogen-bond donors (Lipinski definition) is 0. The van der Waals surface area contributed by atoms with Crippen LogP contribution < -0.4 is 24.8 Å². The Hall–Kier alpha value is -0.877. The third kappa shape index (κ3) is 8.56. The van der Waals surface area contributed by atoms with Crippen LogP contribution in [0.2, 0.25) is 0 Å². The number of fused-ring (bicyclic) bond motifs is 3. The van der Waals surface area contributed by atoms with Gasteiger partial charge in [0.25, 0.3) is 0 Å². The molecule has 4 aliphatic rings. The van der Waals surface area contributed by atoms with Gasteiger partial charge in [0, 0.05) is 0 Å². The summed E-state index contributed by atoms with van der Waals surface area (Å²) in [7, 11) is 0. The first-order valence-corrected chi connectivity index (χ1v) is 15.9. The van der Waals surface area contributed by atoms with Crippen LogP contribution in [0.4, 0.5) is 0 Å². The normalized spacial score (nSPS) is 18.5. The maximum absolute atomic E-state index is 3.84. The van der Waals surface area contributed by atoms with Crippen molar-refractivity contribution in [1.29, 1.82) is 0 Å². The molecule has 0 radical (unpaired) electrons. The van der Waals surface area contributed by atoms with Crippen LogP contribution in [0.3, 0.4) is 0 Å². The van der Waals surface area contributed by atoms with E-state index in [2.05, 4.69) is 36.4 Å². The topological polar surface area (TPSA) is 0 Å². The van der Waals surface area contributed by atoms with Gasteiger partial charge in [-0.2, -0.15) is 42.0 Å². The first-order chi connectivity index (χ1) is 17.8. The smallest absolute Gasteiger partial charge is 0.0162 e. The predicted octanol–water partition coefficient (Wildman–Crippen LogP) is 3.85. The van der Waals surface area contributed by atoms with Gasteiger partial charge < -0.3 is 24.8 Å². The van der Waals surface area contributed by atoms with Gasteiger partial charge in [0.1, 0.15) is 0 Å². The van der Waals surface area contributed by atoms with E-state index in [1.165, 1.54) is 112 Å². The van der Waals surface area contributed by atoms with Crippen LogP contribution >= 0.6 is 0 Å². The Balaban J connectivity index is 0.000000257. The third-order valence-corrected chi connectivity index (χ3v) is 9.95. The van der Waals surface area contributed by atoms with E-state index < -0.39 is 0 Å². The summed E-state index contributed by atoms with van der Waals surface area (Å²) in [5.74, 6) is 1.57. The Morgan fingerprint density at radius 2 is 1.29 bits per heavy atom. The summed E-state index contributed by atoms with van der Waals surface area (Å²) in [6.07, 6.45) is 21.0. The van der Waals surface area contributed by atoms with E-state index in [9.17, 15) is 0 Å². The minimum Gasteiger partial charge on any atom is -0.214 e. The number of halogens is 2. The summed E-state index contributed by atoms with van der Waals surface area (Å²) in [5.41, 5.74) is 9.01. The molecular formula is C35H42Cl2Zr-2. The molecule has 4 aliphatic carbocycles. The summed E-state index contributed by atoms with van der Waals surface area (Å²) in [5, 5.41) is 0. The maximum Gasteiger partial charge on any atom is -0.0162 e. The summed E-state index contributed by atoms with van der Waals surface area (Å²) in [4.78, 5) is 0. The number of hydrogen-bond acceptors (Lipinski definition) is 0. The first-order valence-electron chi connectivity index (χ1n) is 14.7. The molecule has 0 bridgehead atoms. The van der Waals surface area contributed by atoms with E-state index in [1.54, 1.807) is 38.6 Å². The van der Waals surface area contributed by atoms with Crippen molar-refractivity contribution in [1.82, 2.24) is 0 Å². The van der Waals surface area contributed by atoms with E-state index in [-0.39, 0.29) is 24.8 Å². The second-order valence-corrected chi connectivity index (χ2v) is 13.1. The van der Waals surface area contributed by atoms with Gasteiger partial charge in [-0.3, -0.25) is 0 Å². The Bertz CT molecular complexity index is 1010. The molecule has 202 valence electrons. The summed E-state index contributed by atoms with van der Waals surface area (Å²) in [6, 6.07) is 26.0. The molecule has 0 N–H and O–H groups in total. The van der Waals surface area contributed by atoms with Crippen LogP contribution in [0.15, 0.2) is 60.7 Å². The van der Waals surface area contributed by atoms with Crippen LogP contribution in [-0.2, 0) is 30.7 Å². The zero-order chi connectivity index (χ0) is 24.6. The molecule has 3 aromatic rings. The minimum absolute atomic E-state index is 0. The number of rotatable bonds is 2. The van der Waals surface area contributed by atoms with Gasteiger partial charge in [0.05, 0.1) is 0 Å². The Morgan fingerprint density at radius 3 is 1.84 bits per heavy atom. The second kappa shape index (κ2) is 16.4. The Morgan fingerprint density at radius 1 is 0.684 bits per heavy atom. The molecular weight excluding hydrogens is 583 g/mol. The van der Waals surface area contributed by atoms with E-state index in [0.717, 1.165) is 18.3 Å². The van der Waals surface area contributed by atoms with E-state index in [4.69, 9.17) is 0 Å². The fraction of sp³-hybridized carbons (Fsp3) is 0.486. The molecule has 0 heterocycles. The predicted molar refractivity (Wildman–Crippen MR) is 151 cm³/mol. The van der Waals surface area contributed by atoms with Crippen molar-refractivity contribution in [2.45, 2.75) is 108 Å². The molecule has 7 rings (SSSR count). The molecule has 3 heteroatoms. The zero-order valence-corrected chi connectivity index (χ0v) is 26.8. The quantitative estimate of drug-likeness (QED) is 0.298. The standard InChI is InChI=1S/C25H29.C5H8.C5H5.2ClH.Zr/c1-3-7-18(8-4-1)20-11-13-24-22(15-20)17-23-16-21(12-14-25(23)24)19-9-5-2-6-10-19;2*1-2-4-5-3-1;;;/h11-15,18-19H,1-10,17H2;1-4H2;1-5H;2*1H;/q-1;;-1;;;+2/p-2. The van der Waals surface area contributed by atoms with E-state index in [0.29, 0.717) is 0 Å². The molecule has 0 unspecified atom stereocenters. The van der Waals surface area contributed by atoms with Crippen molar-refractivity contribution in [3.8, 4) is 11.1 Å². The molecule has 0 amide bonds. The van der Waals surface area contributed by atoms with E-state index >= 15 is 0 Å². The van der Waals surface area contributed by atoms with Crippen molar-refractivity contribution in [3.05, 3.63) is 89.0 Å². The third-order valence-electron chi connectivity index (χ3n) is 8.72. The molecule has 0 saturated heterocycles. The van der Waals surface area contributed by atoms with Gasteiger partial charge >= 0.3 is 53.1 Å². The summed E-state index contributed by atoms with van der Waals surface area (Å²) in [6.45, 7) is 0. The Labute approximate surface area is 258 Å². The molecule has 0 aromatic heterocycles. The van der Waals surface area contributed by atoms with Gasteiger partial charge in [-0.05, 0) is 55.1 Å². The van der Waals surface area contributed by atoms with Crippen LogP contribution in [0.5, 0.6) is 0 Å². The first kappa shape index (κ1) is 31.6. The van der Waals surface area contributed by atoms with Crippen molar-refractivity contribution in [2.75, 3.05) is 0 Å². The molecule has 3 fully saturated rings. The van der Waals surface area contributed by atoms with Crippen LogP contribution in [0.1, 0.15) is 124 Å². The van der Waals surface area contributed by atoms with Gasteiger partial charge in [0.2, 0.25) is 0 Å². The summed E-state index contributed by atoms with van der Waals surface area (Å²) < 4.78 is 1.79. The minimum atomic E-state index is 0. The average molecular weight is 625 g/mol. The molecule has 0 atom stereocenters. The molecule has 38 heavy (non-hydrogen) atoms. The Kier molecular flexibility index (Phi) is 13.7. The molecule has 0 aliphatic heterocycles. The molecule has 3 aromatic carbocycles. The largest absolute Gasteiger partial charge is 0.214 e. The molecule has 3 saturated carbocycles. The SMILES string of the molecule is [Cl-].[Cl-].[Zr+2]=[C]1CCCC1.[c-]1c(C2CCCCC2)ccc2c1Cc1cc(C3CCCCC3)ccc1-2.c1cc[cH-]c1. The van der Waals surface area contributed by atoms with Gasteiger partial charge in [0.15, 0.2) is 0 Å². The van der Waals surface area contributed by atoms with Gasteiger partial charge in [-0.1, -0.05) is 62.3 Å². The molecule has 0 nitrogen and oxygen atoms in total. The van der Waals surface area contributed by atoms with Gasteiger partial charge in [-0.25, -0.2) is 12.1 Å². The molecule has 0 spiro atoms. The van der Waals surface area contributed by atoms with Crippen molar-refractivity contribution in [3.63, 3.8) is 0 Å². The fourth-order valence-corrected chi connectivity index (χ4v) is 7.49. The monoisotopic (exact) mass is 622 g/mol. The second-order valence-electron chi connectivity index (χ2n) is 11.3. The summed E-state index contributed by atoms with van der Waals surface area (Å²) >= 11 is 1.68. The van der Waals surface area contributed by atoms with E-state index in [1.807, 2.05) is 30.3 Å². The van der Waals surface area contributed by atoms with Crippen LogP contribution in [-0.4, -0.2) is 3.21 Å². The zero-order valence-electron chi connectivity index (χ0n) is 22.8. The fourth-order valence-electron chi connectivity index (χ4n) is 6.63. The van der Waals surface area contributed by atoms with Crippen molar-refractivity contribution in [2.24, 2.45) is 0 Å². The van der Waals surface area contributed by atoms with Gasteiger partial charge in [-0.15, -0.1) is 11.1 Å². The number of benzene rings is 2.